The second-order valence-electron chi connectivity index (χ2n) is 5.26. The number of likely N-dealkylation sites (tertiary alicyclic amines) is 1. The lowest BCUT2D eigenvalue weighted by Crippen LogP contribution is -2.48. The van der Waals surface area contributed by atoms with Gasteiger partial charge in [-0.1, -0.05) is 22.6 Å². The molecule has 1 amide bonds. The molecule has 0 aromatic carbocycles. The molecule has 0 saturated carbocycles. The number of carbonyl (C=O) groups is 2. The number of hydrogen-bond acceptors (Lipinski definition) is 5. The van der Waals surface area contributed by atoms with E-state index in [0.717, 1.165) is 6.42 Å². The molecule has 2 heterocycles. The molecule has 0 aliphatic carbocycles. The van der Waals surface area contributed by atoms with E-state index in [1.807, 2.05) is 0 Å². The highest BCUT2D eigenvalue weighted by Gasteiger charge is 2.43. The third kappa shape index (κ3) is 3.36. The van der Waals surface area contributed by atoms with Crippen LogP contribution in [-0.2, 0) is 19.0 Å². The molecule has 2 fully saturated rings. The maximum Gasteiger partial charge on any atom is 0.410 e. The van der Waals surface area contributed by atoms with E-state index < -0.39 is 5.41 Å². The van der Waals surface area contributed by atoms with E-state index in [1.54, 1.807) is 4.90 Å². The molecular weight excluding hydrogens is 377 g/mol. The van der Waals surface area contributed by atoms with Crippen LogP contribution in [0, 0.1) is 5.41 Å². The van der Waals surface area contributed by atoms with Crippen molar-refractivity contribution in [3.63, 3.8) is 0 Å². The SMILES string of the molecule is COC(=O)C1(CI)CCN(C(=O)O[C@H]2CCOC2)CC1. The van der Waals surface area contributed by atoms with Gasteiger partial charge in [-0.2, -0.15) is 0 Å². The van der Waals surface area contributed by atoms with Crippen molar-refractivity contribution in [2.75, 3.05) is 37.8 Å². The molecule has 0 aromatic heterocycles. The number of piperidine rings is 1. The van der Waals surface area contributed by atoms with Gasteiger partial charge in [-0.25, -0.2) is 4.79 Å². The summed E-state index contributed by atoms with van der Waals surface area (Å²) < 4.78 is 16.2. The van der Waals surface area contributed by atoms with E-state index in [-0.39, 0.29) is 18.2 Å². The number of ether oxygens (including phenoxy) is 3. The molecule has 2 aliphatic heterocycles. The average molecular weight is 397 g/mol. The van der Waals surface area contributed by atoms with Crippen LogP contribution in [0.4, 0.5) is 4.79 Å². The number of hydrogen-bond donors (Lipinski definition) is 0. The molecule has 0 radical (unpaired) electrons. The van der Waals surface area contributed by atoms with Gasteiger partial charge in [-0.15, -0.1) is 0 Å². The minimum Gasteiger partial charge on any atom is -0.469 e. The van der Waals surface area contributed by atoms with Gasteiger partial charge in [-0.3, -0.25) is 4.79 Å². The Bertz CT molecular complexity index is 362. The number of methoxy groups -OCH3 is 1. The Balaban J connectivity index is 1.86. The number of amides is 1. The third-order valence-electron chi connectivity index (χ3n) is 4.01. The molecule has 2 rings (SSSR count). The highest BCUT2D eigenvalue weighted by molar-refractivity contribution is 14.1. The normalized spacial score (nSPS) is 25.3. The van der Waals surface area contributed by atoms with Crippen LogP contribution in [-0.4, -0.2) is 60.9 Å². The van der Waals surface area contributed by atoms with Crippen LogP contribution in [0.2, 0.25) is 0 Å². The molecule has 2 saturated heterocycles. The summed E-state index contributed by atoms with van der Waals surface area (Å²) in [5.41, 5.74) is -0.456. The van der Waals surface area contributed by atoms with E-state index >= 15 is 0 Å². The second kappa shape index (κ2) is 6.93. The van der Waals surface area contributed by atoms with Crippen LogP contribution in [0.15, 0.2) is 0 Å². The van der Waals surface area contributed by atoms with Crippen molar-refractivity contribution in [2.45, 2.75) is 25.4 Å². The molecule has 20 heavy (non-hydrogen) atoms. The lowest BCUT2D eigenvalue weighted by atomic mass is 9.80. The van der Waals surface area contributed by atoms with Crippen LogP contribution in [0.5, 0.6) is 0 Å². The summed E-state index contributed by atoms with van der Waals surface area (Å²) >= 11 is 2.21. The van der Waals surface area contributed by atoms with Gasteiger partial charge < -0.3 is 19.1 Å². The standard InChI is InChI=1S/C13H20INO5/c1-18-11(16)13(9-14)3-5-15(6-4-13)12(17)20-10-2-7-19-8-10/h10H,2-9H2,1H3/t10-/m0/s1. The Morgan fingerprint density at radius 3 is 2.60 bits per heavy atom. The predicted molar refractivity (Wildman–Crippen MR) is 79.8 cm³/mol. The first-order chi connectivity index (χ1) is 9.61. The van der Waals surface area contributed by atoms with Crippen molar-refractivity contribution in [2.24, 2.45) is 5.41 Å². The van der Waals surface area contributed by atoms with Crippen molar-refractivity contribution >= 4 is 34.7 Å². The Hall–Kier alpha value is -0.570. The fraction of sp³-hybridized carbons (Fsp3) is 0.846. The number of rotatable bonds is 3. The number of halogens is 1. The van der Waals surface area contributed by atoms with Gasteiger partial charge in [0.15, 0.2) is 0 Å². The summed E-state index contributed by atoms with van der Waals surface area (Å²) in [4.78, 5) is 25.6. The van der Waals surface area contributed by atoms with E-state index in [0.29, 0.717) is 43.6 Å². The summed E-state index contributed by atoms with van der Waals surface area (Å²) in [6.07, 6.45) is 1.59. The van der Waals surface area contributed by atoms with Gasteiger partial charge in [0.25, 0.3) is 0 Å². The summed E-state index contributed by atoms with van der Waals surface area (Å²) in [5, 5.41) is 0. The van der Waals surface area contributed by atoms with Crippen LogP contribution < -0.4 is 0 Å². The number of carbonyl (C=O) groups excluding carboxylic acids is 2. The van der Waals surface area contributed by atoms with Gasteiger partial charge in [0, 0.05) is 23.9 Å². The topological polar surface area (TPSA) is 65.1 Å². The molecule has 0 unspecified atom stereocenters. The highest BCUT2D eigenvalue weighted by Crippen LogP contribution is 2.35. The summed E-state index contributed by atoms with van der Waals surface area (Å²) in [7, 11) is 1.41. The quantitative estimate of drug-likeness (QED) is 0.411. The van der Waals surface area contributed by atoms with Gasteiger partial charge >= 0.3 is 12.1 Å². The van der Waals surface area contributed by atoms with Crippen molar-refractivity contribution in [1.29, 1.82) is 0 Å². The maximum atomic E-state index is 12.0. The first-order valence-electron chi connectivity index (χ1n) is 6.79. The van der Waals surface area contributed by atoms with E-state index in [9.17, 15) is 9.59 Å². The van der Waals surface area contributed by atoms with Crippen LogP contribution >= 0.6 is 22.6 Å². The van der Waals surface area contributed by atoms with Gasteiger partial charge in [0.1, 0.15) is 6.10 Å². The molecule has 114 valence electrons. The molecule has 0 aromatic rings. The zero-order valence-corrected chi connectivity index (χ0v) is 13.8. The second-order valence-corrected chi connectivity index (χ2v) is 6.02. The smallest absolute Gasteiger partial charge is 0.410 e. The molecule has 6 nitrogen and oxygen atoms in total. The molecule has 0 N–H and O–H groups in total. The fourth-order valence-electron chi connectivity index (χ4n) is 2.55. The first kappa shape index (κ1) is 15.8. The fourth-order valence-corrected chi connectivity index (χ4v) is 3.62. The van der Waals surface area contributed by atoms with Crippen molar-refractivity contribution in [3.8, 4) is 0 Å². The molecular formula is C13H20INO5. The zero-order valence-electron chi connectivity index (χ0n) is 11.6. The average Bonchev–Trinajstić information content (AvgIpc) is 2.99. The lowest BCUT2D eigenvalue weighted by molar-refractivity contribution is -0.153. The van der Waals surface area contributed by atoms with E-state index in [4.69, 9.17) is 14.2 Å². The van der Waals surface area contributed by atoms with E-state index in [1.165, 1.54) is 7.11 Å². The molecule has 1 atom stereocenters. The summed E-state index contributed by atoms with van der Waals surface area (Å²) in [5.74, 6) is -0.177. The first-order valence-corrected chi connectivity index (χ1v) is 8.31. The lowest BCUT2D eigenvalue weighted by Gasteiger charge is -2.38. The zero-order chi connectivity index (χ0) is 14.6. The maximum absolute atomic E-state index is 12.0. The monoisotopic (exact) mass is 397 g/mol. The minimum absolute atomic E-state index is 0.126. The third-order valence-corrected chi connectivity index (χ3v) is 5.47. The van der Waals surface area contributed by atoms with Crippen molar-refractivity contribution in [1.82, 2.24) is 4.90 Å². The Labute approximate surface area is 132 Å². The van der Waals surface area contributed by atoms with Crippen LogP contribution in [0.1, 0.15) is 19.3 Å². The molecule has 2 aliphatic rings. The molecule has 0 spiro atoms. The number of nitrogens with zero attached hydrogens (tertiary/aromatic N) is 1. The Morgan fingerprint density at radius 2 is 2.10 bits per heavy atom. The predicted octanol–water partition coefficient (Wildman–Crippen LogP) is 1.60. The summed E-state index contributed by atoms with van der Waals surface area (Å²) in [6, 6.07) is 0. The molecule has 0 bridgehead atoms. The van der Waals surface area contributed by atoms with Crippen LogP contribution in [0.25, 0.3) is 0 Å². The summed E-state index contributed by atoms with van der Waals surface area (Å²) in [6.45, 7) is 2.20. The van der Waals surface area contributed by atoms with Crippen molar-refractivity contribution in [3.05, 3.63) is 0 Å². The number of alkyl halides is 1. The Kier molecular flexibility index (Phi) is 5.48. The van der Waals surface area contributed by atoms with Crippen molar-refractivity contribution < 1.29 is 23.8 Å². The molecule has 7 heteroatoms. The van der Waals surface area contributed by atoms with E-state index in [2.05, 4.69) is 22.6 Å². The highest BCUT2D eigenvalue weighted by atomic mass is 127. The van der Waals surface area contributed by atoms with Gasteiger partial charge in [-0.05, 0) is 12.8 Å². The largest absolute Gasteiger partial charge is 0.469 e. The van der Waals surface area contributed by atoms with Gasteiger partial charge in [0.2, 0.25) is 0 Å². The Morgan fingerprint density at radius 1 is 1.40 bits per heavy atom. The van der Waals surface area contributed by atoms with Gasteiger partial charge in [0.05, 0.1) is 25.7 Å². The van der Waals surface area contributed by atoms with Crippen LogP contribution in [0.3, 0.4) is 0 Å². The number of esters is 1. The minimum atomic E-state index is -0.456.